The predicted molar refractivity (Wildman–Crippen MR) is 118 cm³/mol. The van der Waals surface area contributed by atoms with Crippen molar-refractivity contribution in [1.82, 2.24) is 0 Å². The summed E-state index contributed by atoms with van der Waals surface area (Å²) in [5.41, 5.74) is 4.16. The third kappa shape index (κ3) is 6.91. The lowest BCUT2D eigenvalue weighted by Gasteiger charge is -2.40. The van der Waals surface area contributed by atoms with Crippen LogP contribution in [-0.4, -0.2) is 34.5 Å². The van der Waals surface area contributed by atoms with E-state index in [2.05, 4.69) is 18.8 Å². The molecule has 2 heterocycles. The molecule has 1 aliphatic rings. The lowest BCUT2D eigenvalue weighted by molar-refractivity contribution is -0.302. The number of ether oxygens (including phenoxy) is 2. The van der Waals surface area contributed by atoms with E-state index in [1.165, 1.54) is 44.6 Å². The molecule has 0 unspecified atom stereocenters. The molecule has 8 heteroatoms. The van der Waals surface area contributed by atoms with E-state index in [0.717, 1.165) is 42.8 Å². The van der Waals surface area contributed by atoms with Crippen molar-refractivity contribution < 1.29 is 29.3 Å². The van der Waals surface area contributed by atoms with Crippen LogP contribution in [0.15, 0.2) is 23.6 Å². The highest BCUT2D eigenvalue weighted by molar-refractivity contribution is 7.10. The Morgan fingerprint density at radius 2 is 1.65 bits per heavy atom. The van der Waals surface area contributed by atoms with Gasteiger partial charge in [0, 0.05) is 29.5 Å². The second-order valence-corrected chi connectivity index (χ2v) is 8.50. The minimum atomic E-state index is -2.55. The molecule has 1 aromatic rings. The van der Waals surface area contributed by atoms with Gasteiger partial charge in [-0.3, -0.25) is 5.73 Å². The van der Waals surface area contributed by atoms with E-state index in [-0.39, 0.29) is 4.88 Å². The zero-order valence-corrected chi connectivity index (χ0v) is 18.7. The van der Waals surface area contributed by atoms with E-state index >= 15 is 0 Å². The fraction of sp³-hybridized carbons (Fsp3) is 0.565. The van der Waals surface area contributed by atoms with Crippen LogP contribution in [-0.2, 0) is 24.8 Å². The molecule has 0 spiro atoms. The number of carbonyl (C=O) groups excluding carboxylic acids is 2. The Morgan fingerprint density at radius 3 is 2.29 bits per heavy atom. The van der Waals surface area contributed by atoms with Crippen molar-refractivity contribution in [2.24, 2.45) is 5.73 Å². The molecule has 1 aliphatic heterocycles. The summed E-state index contributed by atoms with van der Waals surface area (Å²) in [5.74, 6) is 1.60. The summed E-state index contributed by atoms with van der Waals surface area (Å²) in [7, 11) is 0. The smallest absolute Gasteiger partial charge is 0.334 e. The van der Waals surface area contributed by atoms with E-state index in [9.17, 15) is 19.8 Å². The van der Waals surface area contributed by atoms with Gasteiger partial charge in [0.2, 0.25) is 0 Å². The summed E-state index contributed by atoms with van der Waals surface area (Å²) in [5, 5.41) is 22.4. The zero-order chi connectivity index (χ0) is 22.7. The highest BCUT2D eigenvalue weighted by Crippen LogP contribution is 2.38. The molecule has 170 valence electrons. The van der Waals surface area contributed by atoms with Gasteiger partial charge < -0.3 is 19.7 Å². The highest BCUT2D eigenvalue weighted by atomic mass is 32.1. The van der Waals surface area contributed by atoms with Crippen LogP contribution in [0.2, 0.25) is 0 Å². The molecule has 2 rings (SSSR count). The number of carbonyl (C=O) groups is 2. The van der Waals surface area contributed by atoms with Crippen molar-refractivity contribution in [2.75, 3.05) is 6.61 Å². The Labute approximate surface area is 187 Å². The van der Waals surface area contributed by atoms with E-state index in [1.807, 2.05) is 0 Å². The standard InChI is InChI=1S/C23H31NO6S/c1-2-3-4-5-6-7-8-9-10-11-12-18-15-19(31-16-18)23(28)22(24,17-25)29-20(26)13-14-21(27)30-23/h13-16,25,28H,2-10,17,24H2,1H3/b14-13-/t22-,23+/m0/s1. The highest BCUT2D eigenvalue weighted by Gasteiger charge is 2.57. The van der Waals surface area contributed by atoms with Crippen molar-refractivity contribution in [3.63, 3.8) is 0 Å². The average molecular weight is 450 g/mol. The number of nitrogens with two attached hydrogens (primary N) is 1. The molecule has 2 atom stereocenters. The second kappa shape index (κ2) is 12.0. The van der Waals surface area contributed by atoms with Crippen LogP contribution >= 0.6 is 11.3 Å². The molecular weight excluding hydrogens is 418 g/mol. The molecule has 0 fully saturated rings. The van der Waals surface area contributed by atoms with Crippen LogP contribution in [0.25, 0.3) is 0 Å². The number of thiophene rings is 1. The third-order valence-electron chi connectivity index (χ3n) is 5.02. The normalized spacial score (nSPS) is 24.4. The fourth-order valence-electron chi connectivity index (χ4n) is 3.17. The Kier molecular flexibility index (Phi) is 9.72. The van der Waals surface area contributed by atoms with Gasteiger partial charge in [0.25, 0.3) is 5.72 Å². The number of aliphatic hydroxyl groups excluding tert-OH is 1. The number of esters is 2. The maximum Gasteiger partial charge on any atom is 0.334 e. The first-order valence-electron chi connectivity index (χ1n) is 10.7. The van der Waals surface area contributed by atoms with E-state index in [0.29, 0.717) is 5.56 Å². The fourth-order valence-corrected chi connectivity index (χ4v) is 4.12. The first-order chi connectivity index (χ1) is 14.8. The van der Waals surface area contributed by atoms with Crippen LogP contribution in [0.5, 0.6) is 0 Å². The van der Waals surface area contributed by atoms with Gasteiger partial charge in [-0.1, -0.05) is 63.7 Å². The summed E-state index contributed by atoms with van der Waals surface area (Å²) < 4.78 is 10.0. The van der Waals surface area contributed by atoms with Crippen LogP contribution < -0.4 is 5.73 Å². The van der Waals surface area contributed by atoms with Gasteiger partial charge in [0.05, 0.1) is 4.88 Å². The van der Waals surface area contributed by atoms with Gasteiger partial charge in [-0.2, -0.15) is 0 Å². The number of cyclic esters (lactones) is 2. The Balaban J connectivity index is 1.97. The Bertz CT molecular complexity index is 839. The molecule has 0 aliphatic carbocycles. The second-order valence-electron chi connectivity index (χ2n) is 7.59. The summed E-state index contributed by atoms with van der Waals surface area (Å²) in [6.07, 6.45) is 12.2. The predicted octanol–water partition coefficient (Wildman–Crippen LogP) is 3.08. The largest absolute Gasteiger partial charge is 0.431 e. The van der Waals surface area contributed by atoms with Crippen LogP contribution in [0.4, 0.5) is 0 Å². The Morgan fingerprint density at radius 1 is 1.03 bits per heavy atom. The summed E-state index contributed by atoms with van der Waals surface area (Å²) in [4.78, 5) is 23.8. The topological polar surface area (TPSA) is 119 Å². The lowest BCUT2D eigenvalue weighted by Crippen LogP contribution is -2.65. The number of hydrogen-bond donors (Lipinski definition) is 3. The summed E-state index contributed by atoms with van der Waals surface area (Å²) in [6.45, 7) is 1.25. The first kappa shape index (κ1) is 25.1. The van der Waals surface area contributed by atoms with E-state index < -0.39 is 30.1 Å². The molecule has 0 aromatic carbocycles. The summed E-state index contributed by atoms with van der Waals surface area (Å²) in [6, 6.07) is 1.51. The van der Waals surface area contributed by atoms with Crippen molar-refractivity contribution in [2.45, 2.75) is 76.2 Å². The molecule has 0 saturated heterocycles. The zero-order valence-electron chi connectivity index (χ0n) is 17.9. The number of aliphatic hydroxyl groups is 2. The van der Waals surface area contributed by atoms with Crippen molar-refractivity contribution in [3.8, 4) is 11.8 Å². The first-order valence-corrected chi connectivity index (χ1v) is 11.6. The molecule has 0 amide bonds. The van der Waals surface area contributed by atoms with Gasteiger partial charge >= 0.3 is 17.7 Å². The van der Waals surface area contributed by atoms with E-state index in [1.54, 1.807) is 5.38 Å². The SMILES string of the molecule is CCCCCCCCCCC#Cc1csc([C@@]2(O)OC(=O)/C=C\C(=O)O[C@@]2(N)CO)c1. The molecule has 0 saturated carbocycles. The molecule has 0 radical (unpaired) electrons. The van der Waals surface area contributed by atoms with Crippen molar-refractivity contribution >= 4 is 23.3 Å². The van der Waals surface area contributed by atoms with Crippen molar-refractivity contribution in [3.05, 3.63) is 34.0 Å². The maximum absolute atomic E-state index is 11.9. The molecule has 4 N–H and O–H groups in total. The minimum absolute atomic E-state index is 0.0943. The van der Waals surface area contributed by atoms with E-state index in [4.69, 9.17) is 15.2 Å². The third-order valence-corrected chi connectivity index (χ3v) is 6.04. The number of hydrogen-bond acceptors (Lipinski definition) is 8. The van der Waals surface area contributed by atoms with Crippen LogP contribution in [0, 0.1) is 11.8 Å². The maximum atomic E-state index is 11.9. The van der Waals surface area contributed by atoms with Gasteiger partial charge in [0.15, 0.2) is 0 Å². The monoisotopic (exact) mass is 449 g/mol. The van der Waals surface area contributed by atoms with Crippen LogP contribution in [0.1, 0.15) is 75.2 Å². The minimum Gasteiger partial charge on any atom is -0.431 e. The van der Waals surface area contributed by atoms with Gasteiger partial charge in [0.1, 0.15) is 6.61 Å². The molecule has 31 heavy (non-hydrogen) atoms. The average Bonchev–Trinajstić information content (AvgIpc) is 3.22. The molecule has 7 nitrogen and oxygen atoms in total. The van der Waals surface area contributed by atoms with Gasteiger partial charge in [-0.25, -0.2) is 9.59 Å². The van der Waals surface area contributed by atoms with Gasteiger partial charge in [-0.15, -0.1) is 11.3 Å². The van der Waals surface area contributed by atoms with Crippen LogP contribution in [0.3, 0.4) is 0 Å². The molecule has 0 bridgehead atoms. The summed E-state index contributed by atoms with van der Waals surface area (Å²) >= 11 is 1.04. The quantitative estimate of drug-likeness (QED) is 0.285. The Hall–Kier alpha value is -2.18. The number of unbranched alkanes of at least 4 members (excludes halogenated alkanes) is 8. The van der Waals surface area contributed by atoms with Crippen molar-refractivity contribution in [1.29, 1.82) is 0 Å². The number of rotatable bonds is 10. The molecule has 1 aromatic heterocycles. The van der Waals surface area contributed by atoms with Gasteiger partial charge in [-0.05, 0) is 12.5 Å². The molecular formula is C23H31NO6S. The lowest BCUT2D eigenvalue weighted by atomic mass is 10.0.